The highest BCUT2D eigenvalue weighted by atomic mass is 79.9. The van der Waals surface area contributed by atoms with Crippen LogP contribution in [0.5, 0.6) is 5.75 Å². The van der Waals surface area contributed by atoms with E-state index in [9.17, 15) is 32.7 Å². The number of hydrogen-bond donors (Lipinski definition) is 1. The second kappa shape index (κ2) is 9.03. The molecular weight excluding hydrogens is 479 g/mol. The Labute approximate surface area is 175 Å². The SMILES string of the molecule is COC(=O)C1=C(C(=O)OC)N(c2cc(C(=O)O)cc(Br)c2OC(F)(F)F)C=CC=C1. The van der Waals surface area contributed by atoms with Crippen LogP contribution in [0.15, 0.2) is 52.3 Å². The summed E-state index contributed by atoms with van der Waals surface area (Å²) in [4.78, 5) is 36.9. The molecule has 0 radical (unpaired) electrons. The van der Waals surface area contributed by atoms with Crippen molar-refractivity contribution in [3.05, 3.63) is 57.9 Å². The van der Waals surface area contributed by atoms with E-state index in [4.69, 9.17) is 0 Å². The fourth-order valence-corrected chi connectivity index (χ4v) is 2.98. The molecule has 1 aromatic rings. The number of benzene rings is 1. The summed E-state index contributed by atoms with van der Waals surface area (Å²) >= 11 is 2.86. The van der Waals surface area contributed by atoms with E-state index in [2.05, 4.69) is 30.1 Å². The molecule has 0 aromatic heterocycles. The van der Waals surface area contributed by atoms with Gasteiger partial charge in [0.15, 0.2) is 5.75 Å². The molecule has 160 valence electrons. The van der Waals surface area contributed by atoms with Crippen LogP contribution >= 0.6 is 15.9 Å². The molecule has 0 amide bonds. The van der Waals surface area contributed by atoms with E-state index in [0.29, 0.717) is 0 Å². The molecule has 1 N–H and O–H groups in total. The molecule has 0 saturated carbocycles. The number of allylic oxidation sites excluding steroid dienone is 2. The average molecular weight is 492 g/mol. The minimum Gasteiger partial charge on any atom is -0.478 e. The fraction of sp³-hybridized carbons (Fsp3) is 0.167. The summed E-state index contributed by atoms with van der Waals surface area (Å²) in [5, 5.41) is 9.30. The first kappa shape index (κ1) is 23.0. The largest absolute Gasteiger partial charge is 0.573 e. The average Bonchev–Trinajstić information content (AvgIpc) is 2.89. The number of anilines is 1. The zero-order valence-electron chi connectivity index (χ0n) is 15.3. The van der Waals surface area contributed by atoms with Gasteiger partial charge in [0.05, 0.1) is 35.5 Å². The molecule has 8 nitrogen and oxygen atoms in total. The molecule has 12 heteroatoms. The molecular formula is C18H13BrF3NO7. The van der Waals surface area contributed by atoms with Gasteiger partial charge in [-0.05, 0) is 40.2 Å². The van der Waals surface area contributed by atoms with Crippen molar-refractivity contribution in [1.82, 2.24) is 0 Å². The van der Waals surface area contributed by atoms with Crippen molar-refractivity contribution in [1.29, 1.82) is 0 Å². The minimum absolute atomic E-state index is 0.343. The lowest BCUT2D eigenvalue weighted by molar-refractivity contribution is -0.274. The van der Waals surface area contributed by atoms with Crippen LogP contribution in [0.25, 0.3) is 0 Å². The monoisotopic (exact) mass is 491 g/mol. The Morgan fingerprint density at radius 1 is 1.07 bits per heavy atom. The van der Waals surface area contributed by atoms with Gasteiger partial charge in [0, 0.05) is 6.20 Å². The van der Waals surface area contributed by atoms with Gasteiger partial charge in [0.2, 0.25) is 0 Å². The fourth-order valence-electron chi connectivity index (χ4n) is 2.45. The van der Waals surface area contributed by atoms with Gasteiger partial charge in [-0.1, -0.05) is 6.08 Å². The van der Waals surface area contributed by atoms with E-state index in [1.54, 1.807) is 0 Å². The smallest absolute Gasteiger partial charge is 0.478 e. The topological polar surface area (TPSA) is 102 Å². The second-order valence-corrected chi connectivity index (χ2v) is 6.33. The van der Waals surface area contributed by atoms with Crippen LogP contribution in [0.3, 0.4) is 0 Å². The molecule has 0 fully saturated rings. The van der Waals surface area contributed by atoms with Crippen molar-refractivity contribution < 1.29 is 46.9 Å². The second-order valence-electron chi connectivity index (χ2n) is 5.48. The van der Waals surface area contributed by atoms with Crippen molar-refractivity contribution in [2.45, 2.75) is 6.36 Å². The Morgan fingerprint density at radius 2 is 1.70 bits per heavy atom. The Kier molecular flexibility index (Phi) is 6.92. The highest BCUT2D eigenvalue weighted by Crippen LogP contribution is 2.42. The van der Waals surface area contributed by atoms with E-state index >= 15 is 0 Å². The lowest BCUT2D eigenvalue weighted by Crippen LogP contribution is -2.28. The van der Waals surface area contributed by atoms with Crippen molar-refractivity contribution >= 4 is 39.5 Å². The van der Waals surface area contributed by atoms with Crippen molar-refractivity contribution in [3.63, 3.8) is 0 Å². The molecule has 1 aliphatic rings. The van der Waals surface area contributed by atoms with E-state index in [1.165, 1.54) is 18.2 Å². The summed E-state index contributed by atoms with van der Waals surface area (Å²) in [7, 11) is 2.04. The lowest BCUT2D eigenvalue weighted by atomic mass is 10.1. The first-order chi connectivity index (χ1) is 14.0. The number of halogens is 4. The number of carboxylic acids is 1. The number of carbonyl (C=O) groups excluding carboxylic acids is 2. The summed E-state index contributed by atoms with van der Waals surface area (Å²) in [6.45, 7) is 0. The number of ether oxygens (including phenoxy) is 3. The van der Waals surface area contributed by atoms with Gasteiger partial charge in [0.25, 0.3) is 0 Å². The van der Waals surface area contributed by atoms with Gasteiger partial charge < -0.3 is 24.2 Å². The highest BCUT2D eigenvalue weighted by molar-refractivity contribution is 9.10. The molecule has 0 spiro atoms. The van der Waals surface area contributed by atoms with Gasteiger partial charge in [-0.2, -0.15) is 0 Å². The van der Waals surface area contributed by atoms with Crippen molar-refractivity contribution in [2.75, 3.05) is 19.1 Å². The molecule has 30 heavy (non-hydrogen) atoms. The number of esters is 2. The highest BCUT2D eigenvalue weighted by Gasteiger charge is 2.36. The number of rotatable bonds is 5. The van der Waals surface area contributed by atoms with Crippen LogP contribution in [0.4, 0.5) is 18.9 Å². The van der Waals surface area contributed by atoms with Crippen LogP contribution in [-0.2, 0) is 19.1 Å². The molecule has 1 aliphatic heterocycles. The predicted octanol–water partition coefficient (Wildman–Crippen LogP) is 3.54. The Bertz CT molecular complexity index is 983. The maximum absolute atomic E-state index is 13.0. The maximum Gasteiger partial charge on any atom is 0.573 e. The summed E-state index contributed by atoms with van der Waals surface area (Å²) < 4.78 is 52.0. The van der Waals surface area contributed by atoms with E-state index < -0.39 is 47.0 Å². The van der Waals surface area contributed by atoms with E-state index in [-0.39, 0.29) is 10.0 Å². The van der Waals surface area contributed by atoms with Crippen molar-refractivity contribution in [3.8, 4) is 5.75 Å². The molecule has 1 heterocycles. The molecule has 1 aromatic carbocycles. The zero-order chi connectivity index (χ0) is 22.6. The third-order valence-corrected chi connectivity index (χ3v) is 4.23. The first-order valence-corrected chi connectivity index (χ1v) is 8.67. The minimum atomic E-state index is -5.14. The summed E-state index contributed by atoms with van der Waals surface area (Å²) in [6.07, 6.45) is -0.187. The molecule has 0 aliphatic carbocycles. The number of carboxylic acid groups (broad SMARTS) is 1. The molecule has 0 unspecified atom stereocenters. The van der Waals surface area contributed by atoms with E-state index in [0.717, 1.165) is 37.5 Å². The van der Waals surface area contributed by atoms with Crippen LogP contribution in [0.2, 0.25) is 0 Å². The number of carbonyl (C=O) groups is 3. The maximum atomic E-state index is 13.0. The van der Waals surface area contributed by atoms with Crippen LogP contribution < -0.4 is 9.64 Å². The molecule has 2 rings (SSSR count). The Hall–Kier alpha value is -3.28. The van der Waals surface area contributed by atoms with Gasteiger partial charge in [-0.15, -0.1) is 13.2 Å². The summed E-state index contributed by atoms with van der Waals surface area (Å²) in [6, 6.07) is 1.75. The predicted molar refractivity (Wildman–Crippen MR) is 99.6 cm³/mol. The van der Waals surface area contributed by atoms with Crippen LogP contribution in [0.1, 0.15) is 10.4 Å². The van der Waals surface area contributed by atoms with Crippen molar-refractivity contribution in [2.24, 2.45) is 0 Å². The van der Waals surface area contributed by atoms with Crippen LogP contribution in [0, 0.1) is 0 Å². The van der Waals surface area contributed by atoms with Crippen LogP contribution in [-0.4, -0.2) is 43.6 Å². The van der Waals surface area contributed by atoms with Gasteiger partial charge in [-0.3, -0.25) is 0 Å². The molecule has 0 saturated heterocycles. The third-order valence-electron chi connectivity index (χ3n) is 3.64. The quantitative estimate of drug-likeness (QED) is 0.624. The lowest BCUT2D eigenvalue weighted by Gasteiger charge is -2.26. The molecule has 0 atom stereocenters. The number of hydrogen-bond acceptors (Lipinski definition) is 7. The Morgan fingerprint density at radius 3 is 2.23 bits per heavy atom. The summed E-state index contributed by atoms with van der Waals surface area (Å²) in [5.74, 6) is -4.37. The van der Waals surface area contributed by atoms with Gasteiger partial charge in [-0.25, -0.2) is 14.4 Å². The summed E-state index contributed by atoms with van der Waals surface area (Å²) in [5.41, 5.74) is -1.78. The van der Waals surface area contributed by atoms with E-state index in [1.807, 2.05) is 0 Å². The zero-order valence-corrected chi connectivity index (χ0v) is 16.9. The number of nitrogens with zero attached hydrogens (tertiary/aromatic N) is 1. The normalized spacial score (nSPS) is 13.7. The number of aromatic carboxylic acids is 1. The number of alkyl halides is 3. The molecule has 0 bridgehead atoms. The third kappa shape index (κ3) is 5.00. The van der Waals surface area contributed by atoms with Gasteiger partial charge >= 0.3 is 24.3 Å². The standard InChI is InChI=1S/C18H13BrF3NO7/c1-28-16(26)10-5-3-4-6-23(13(10)17(27)29-2)12-8-9(15(24)25)7-11(19)14(12)30-18(20,21)22/h3-8H,1-2H3,(H,24,25). The Balaban J connectivity index is 2.88. The number of methoxy groups -OCH3 is 2. The van der Waals surface area contributed by atoms with Gasteiger partial charge in [0.1, 0.15) is 5.70 Å². The first-order valence-electron chi connectivity index (χ1n) is 7.87.